The van der Waals surface area contributed by atoms with Crippen LogP contribution in [0.5, 0.6) is 5.75 Å². The summed E-state index contributed by atoms with van der Waals surface area (Å²) >= 11 is 1.31. The minimum Gasteiger partial charge on any atom is -0.497 e. The molecule has 5 rings (SSSR count). The van der Waals surface area contributed by atoms with Crippen LogP contribution in [0.4, 0.5) is 5.69 Å². The number of aromatic nitrogens is 1. The second-order valence-electron chi connectivity index (χ2n) is 8.45. The highest BCUT2D eigenvalue weighted by atomic mass is 32.2. The first-order chi connectivity index (χ1) is 18.5. The Bertz CT molecular complexity index is 1550. The number of para-hydroxylation sites is 1. The molecule has 1 N–H and O–H groups in total. The largest absolute Gasteiger partial charge is 0.497 e. The number of carbonyl (C=O) groups excluding carboxylic acids is 1. The second kappa shape index (κ2) is 11.0. The summed E-state index contributed by atoms with van der Waals surface area (Å²) in [6.07, 6.45) is 3.81. The van der Waals surface area contributed by atoms with Crippen molar-refractivity contribution in [3.63, 3.8) is 0 Å². The highest BCUT2D eigenvalue weighted by molar-refractivity contribution is 8.18. The van der Waals surface area contributed by atoms with Gasteiger partial charge in [0.1, 0.15) is 11.5 Å². The number of thioether (sulfide) groups is 1. The van der Waals surface area contributed by atoms with E-state index >= 15 is 0 Å². The standard InChI is InChI=1S/C28H25N3O6S/c1-35-14-13-31-26(32)25(38-28(31)29-19-7-9-20(36-2)10-8-19)15-18-16-30(23-6-4-3-5-22(18)23)17-21-11-12-24(37-21)27(33)34/h3-12,15-16H,13-14,17H2,1-2H3,(H,33,34)/b25-15-,29-28?. The van der Waals surface area contributed by atoms with E-state index < -0.39 is 5.97 Å². The first-order valence-corrected chi connectivity index (χ1v) is 12.6. The summed E-state index contributed by atoms with van der Waals surface area (Å²) in [7, 11) is 3.20. The van der Waals surface area contributed by atoms with E-state index in [1.807, 2.05) is 65.4 Å². The Morgan fingerprint density at radius 2 is 1.89 bits per heavy atom. The first kappa shape index (κ1) is 25.4. The lowest BCUT2D eigenvalue weighted by Gasteiger charge is -2.14. The third-order valence-corrected chi connectivity index (χ3v) is 7.02. The molecule has 4 aromatic rings. The zero-order valence-corrected chi connectivity index (χ0v) is 21.6. The van der Waals surface area contributed by atoms with Crippen molar-refractivity contribution in [3.05, 3.63) is 88.8 Å². The maximum absolute atomic E-state index is 13.4. The van der Waals surface area contributed by atoms with Gasteiger partial charge in [-0.25, -0.2) is 9.79 Å². The van der Waals surface area contributed by atoms with Crippen LogP contribution in [-0.2, 0) is 16.1 Å². The van der Waals surface area contributed by atoms with Crippen LogP contribution in [0.1, 0.15) is 21.9 Å². The van der Waals surface area contributed by atoms with Gasteiger partial charge in [-0.2, -0.15) is 0 Å². The second-order valence-corrected chi connectivity index (χ2v) is 9.46. The number of aromatic carboxylic acids is 1. The highest BCUT2D eigenvalue weighted by Crippen LogP contribution is 2.36. The Morgan fingerprint density at radius 1 is 1.11 bits per heavy atom. The Labute approximate surface area is 223 Å². The molecule has 2 aromatic carbocycles. The fourth-order valence-corrected chi connectivity index (χ4v) is 5.16. The summed E-state index contributed by atoms with van der Waals surface area (Å²) in [6, 6.07) is 18.3. The summed E-state index contributed by atoms with van der Waals surface area (Å²) < 4.78 is 17.9. The molecule has 0 radical (unpaired) electrons. The maximum Gasteiger partial charge on any atom is 0.371 e. The fourth-order valence-electron chi connectivity index (χ4n) is 4.15. The number of fused-ring (bicyclic) bond motifs is 1. The number of aliphatic imine (C=N–C) groups is 1. The molecule has 1 amide bonds. The molecule has 9 nitrogen and oxygen atoms in total. The van der Waals surface area contributed by atoms with Gasteiger partial charge in [0.25, 0.3) is 5.91 Å². The Kier molecular flexibility index (Phi) is 7.34. The van der Waals surface area contributed by atoms with E-state index in [9.17, 15) is 9.59 Å². The zero-order valence-electron chi connectivity index (χ0n) is 20.8. The van der Waals surface area contributed by atoms with E-state index in [1.54, 1.807) is 25.2 Å². The minimum absolute atomic E-state index is 0.105. The average Bonchev–Trinajstić information content (AvgIpc) is 3.61. The summed E-state index contributed by atoms with van der Waals surface area (Å²) in [4.78, 5) is 31.5. The van der Waals surface area contributed by atoms with Gasteiger partial charge in [0.15, 0.2) is 5.17 Å². The summed E-state index contributed by atoms with van der Waals surface area (Å²) in [5, 5.41) is 10.7. The number of amides is 1. The van der Waals surface area contributed by atoms with Gasteiger partial charge < -0.3 is 23.6 Å². The lowest BCUT2D eigenvalue weighted by atomic mass is 10.1. The van der Waals surface area contributed by atoms with Crippen molar-refractivity contribution >= 4 is 51.5 Å². The molecule has 38 heavy (non-hydrogen) atoms. The fraction of sp³-hybridized carbons (Fsp3) is 0.179. The Morgan fingerprint density at radius 3 is 2.61 bits per heavy atom. The smallest absolute Gasteiger partial charge is 0.371 e. The van der Waals surface area contributed by atoms with Crippen LogP contribution in [0.2, 0.25) is 0 Å². The number of methoxy groups -OCH3 is 2. The Hall–Kier alpha value is -4.28. The summed E-state index contributed by atoms with van der Waals surface area (Å²) in [6.45, 7) is 1.10. The number of amidine groups is 1. The number of carboxylic acid groups (broad SMARTS) is 1. The molecule has 2 aromatic heterocycles. The van der Waals surface area contributed by atoms with E-state index in [2.05, 4.69) is 0 Å². The normalized spacial score (nSPS) is 15.7. The molecule has 194 valence electrons. The van der Waals surface area contributed by atoms with E-state index in [-0.39, 0.29) is 11.7 Å². The molecule has 0 atom stereocenters. The van der Waals surface area contributed by atoms with Gasteiger partial charge in [0.05, 0.1) is 37.4 Å². The number of nitrogens with zero attached hydrogens (tertiary/aromatic N) is 3. The van der Waals surface area contributed by atoms with Crippen molar-refractivity contribution in [3.8, 4) is 5.75 Å². The van der Waals surface area contributed by atoms with Crippen molar-refractivity contribution in [2.45, 2.75) is 6.54 Å². The molecule has 1 saturated heterocycles. The number of carboxylic acids is 1. The number of rotatable bonds is 9. The molecule has 0 unspecified atom stereocenters. The van der Waals surface area contributed by atoms with Crippen molar-refractivity contribution in [2.24, 2.45) is 4.99 Å². The number of ether oxygens (including phenoxy) is 2. The van der Waals surface area contributed by atoms with Gasteiger partial charge in [-0.15, -0.1) is 0 Å². The predicted octanol–water partition coefficient (Wildman–Crippen LogP) is 5.24. The van der Waals surface area contributed by atoms with E-state index in [4.69, 9.17) is 24.0 Å². The van der Waals surface area contributed by atoms with E-state index in [0.29, 0.717) is 41.2 Å². The summed E-state index contributed by atoms with van der Waals surface area (Å²) in [5.41, 5.74) is 2.51. The zero-order chi connectivity index (χ0) is 26.6. The summed E-state index contributed by atoms with van der Waals surface area (Å²) in [5.74, 6) is -0.111. The van der Waals surface area contributed by atoms with Gasteiger partial charge in [-0.3, -0.25) is 9.69 Å². The average molecular weight is 532 g/mol. The van der Waals surface area contributed by atoms with Crippen molar-refractivity contribution in [1.29, 1.82) is 0 Å². The molecule has 0 saturated carbocycles. The van der Waals surface area contributed by atoms with Crippen molar-refractivity contribution in [2.75, 3.05) is 27.4 Å². The van der Waals surface area contributed by atoms with Gasteiger partial charge in [0, 0.05) is 29.8 Å². The van der Waals surface area contributed by atoms with Crippen LogP contribution in [0, 0.1) is 0 Å². The van der Waals surface area contributed by atoms with Crippen LogP contribution in [-0.4, -0.2) is 59.0 Å². The molecule has 1 aliphatic heterocycles. The molecular weight excluding hydrogens is 506 g/mol. The molecule has 1 aliphatic rings. The number of benzene rings is 2. The van der Waals surface area contributed by atoms with Gasteiger partial charge in [-0.1, -0.05) is 18.2 Å². The molecule has 3 heterocycles. The van der Waals surface area contributed by atoms with Gasteiger partial charge >= 0.3 is 5.97 Å². The van der Waals surface area contributed by atoms with Crippen molar-refractivity contribution < 1.29 is 28.6 Å². The van der Waals surface area contributed by atoms with Crippen LogP contribution in [0.15, 0.2) is 81.2 Å². The van der Waals surface area contributed by atoms with Gasteiger partial charge in [0.2, 0.25) is 5.76 Å². The van der Waals surface area contributed by atoms with Crippen LogP contribution >= 0.6 is 11.8 Å². The van der Waals surface area contributed by atoms with Crippen LogP contribution < -0.4 is 4.74 Å². The van der Waals surface area contributed by atoms with E-state index in [0.717, 1.165) is 22.2 Å². The molecular formula is C28H25N3O6S. The highest BCUT2D eigenvalue weighted by Gasteiger charge is 2.33. The van der Waals surface area contributed by atoms with E-state index in [1.165, 1.54) is 17.8 Å². The SMILES string of the molecule is COCCN1C(=O)/C(=C/c2cn(Cc3ccc(C(=O)O)o3)c3ccccc23)SC1=Nc1ccc(OC)cc1. The molecule has 0 spiro atoms. The molecule has 10 heteroatoms. The van der Waals surface area contributed by atoms with Gasteiger partial charge in [-0.05, 0) is 60.3 Å². The lowest BCUT2D eigenvalue weighted by Crippen LogP contribution is -2.32. The predicted molar refractivity (Wildman–Crippen MR) is 146 cm³/mol. The number of hydrogen-bond acceptors (Lipinski definition) is 7. The monoisotopic (exact) mass is 531 g/mol. The van der Waals surface area contributed by atoms with Crippen molar-refractivity contribution in [1.82, 2.24) is 9.47 Å². The third kappa shape index (κ3) is 5.22. The Balaban J connectivity index is 1.49. The van der Waals surface area contributed by atoms with Crippen LogP contribution in [0.3, 0.4) is 0 Å². The molecule has 1 fully saturated rings. The first-order valence-electron chi connectivity index (χ1n) is 11.8. The lowest BCUT2D eigenvalue weighted by molar-refractivity contribution is -0.122. The number of furan rings is 1. The third-order valence-electron chi connectivity index (χ3n) is 6.01. The maximum atomic E-state index is 13.4. The minimum atomic E-state index is -1.11. The quantitative estimate of drug-likeness (QED) is 0.294. The van der Waals surface area contributed by atoms with Crippen LogP contribution in [0.25, 0.3) is 17.0 Å². The molecule has 0 aliphatic carbocycles. The topological polar surface area (TPSA) is 106 Å². The molecule has 0 bridgehead atoms. The number of hydrogen-bond donors (Lipinski definition) is 1. The number of carbonyl (C=O) groups is 2.